The Kier molecular flexibility index (Phi) is 2.64. The van der Waals surface area contributed by atoms with E-state index in [1.807, 2.05) is 0 Å². The van der Waals surface area contributed by atoms with E-state index in [1.165, 1.54) is 13.3 Å². The van der Waals surface area contributed by atoms with Crippen molar-refractivity contribution in [3.63, 3.8) is 0 Å². The van der Waals surface area contributed by atoms with Gasteiger partial charge in [-0.25, -0.2) is 4.90 Å². The van der Waals surface area contributed by atoms with E-state index >= 15 is 0 Å². The Morgan fingerprint density at radius 3 is 2.65 bits per heavy atom. The van der Waals surface area contributed by atoms with Crippen molar-refractivity contribution in [1.82, 2.24) is 4.98 Å². The summed E-state index contributed by atoms with van der Waals surface area (Å²) in [5.74, 6) is -0.335. The summed E-state index contributed by atoms with van der Waals surface area (Å²) < 4.78 is 5.05. The van der Waals surface area contributed by atoms with Crippen LogP contribution in [0, 0.1) is 0 Å². The van der Waals surface area contributed by atoms with Crippen LogP contribution >= 0.6 is 0 Å². The first-order chi connectivity index (χ1) is 9.63. The molecule has 2 amide bonds. The Bertz CT molecular complexity index is 692. The van der Waals surface area contributed by atoms with Gasteiger partial charge < -0.3 is 10.5 Å². The van der Waals surface area contributed by atoms with Crippen molar-refractivity contribution >= 4 is 23.2 Å². The molecule has 0 saturated heterocycles. The molecule has 0 fully saturated rings. The molecule has 0 aliphatic carbocycles. The van der Waals surface area contributed by atoms with Crippen LogP contribution in [0.2, 0.25) is 0 Å². The van der Waals surface area contributed by atoms with E-state index < -0.39 is 11.8 Å². The zero-order valence-corrected chi connectivity index (χ0v) is 10.7. The minimum absolute atomic E-state index is 0.146. The standard InChI is InChI=1S/C14H11N3O3/c1-20-8-4-5-11(10(15)7-8)17-13(18)9-3-2-6-16-12(9)14(17)19/h2-7H,15H2,1H3. The number of amides is 2. The monoisotopic (exact) mass is 269 g/mol. The fourth-order valence-electron chi connectivity index (χ4n) is 2.15. The Hall–Kier alpha value is -2.89. The van der Waals surface area contributed by atoms with Gasteiger partial charge in [-0.05, 0) is 24.3 Å². The molecule has 6 nitrogen and oxygen atoms in total. The number of benzene rings is 1. The van der Waals surface area contributed by atoms with E-state index in [9.17, 15) is 9.59 Å². The molecule has 100 valence electrons. The van der Waals surface area contributed by atoms with Crippen LogP contribution in [-0.2, 0) is 0 Å². The molecular formula is C14H11N3O3. The average Bonchev–Trinajstić information content (AvgIpc) is 2.72. The lowest BCUT2D eigenvalue weighted by Crippen LogP contribution is -2.30. The highest BCUT2D eigenvalue weighted by molar-refractivity contribution is 6.34. The Balaban J connectivity index is 2.09. The van der Waals surface area contributed by atoms with Gasteiger partial charge in [0.25, 0.3) is 11.8 Å². The number of imide groups is 1. The summed E-state index contributed by atoms with van der Waals surface area (Å²) in [5.41, 5.74) is 6.94. The zero-order chi connectivity index (χ0) is 14.3. The number of pyridine rings is 1. The Morgan fingerprint density at radius 1 is 1.20 bits per heavy atom. The molecular weight excluding hydrogens is 258 g/mol. The molecule has 2 N–H and O–H groups in total. The normalized spacial score (nSPS) is 13.6. The van der Waals surface area contributed by atoms with E-state index in [-0.39, 0.29) is 11.3 Å². The van der Waals surface area contributed by atoms with Crippen molar-refractivity contribution in [2.24, 2.45) is 0 Å². The van der Waals surface area contributed by atoms with Crippen LogP contribution in [0.5, 0.6) is 5.75 Å². The first kappa shape index (κ1) is 12.2. The van der Waals surface area contributed by atoms with Gasteiger partial charge in [0.1, 0.15) is 11.4 Å². The molecule has 2 heterocycles. The molecule has 0 unspecified atom stereocenters. The highest BCUT2D eigenvalue weighted by Gasteiger charge is 2.38. The summed E-state index contributed by atoms with van der Waals surface area (Å²) in [6.07, 6.45) is 1.48. The molecule has 2 aromatic rings. The van der Waals surface area contributed by atoms with Crippen LogP contribution in [-0.4, -0.2) is 23.9 Å². The van der Waals surface area contributed by atoms with E-state index in [2.05, 4.69) is 4.98 Å². The number of carbonyl (C=O) groups excluding carboxylic acids is 2. The molecule has 3 rings (SSSR count). The molecule has 1 aromatic heterocycles. The first-order valence-corrected chi connectivity index (χ1v) is 5.91. The molecule has 20 heavy (non-hydrogen) atoms. The minimum Gasteiger partial charge on any atom is -0.497 e. The van der Waals surface area contributed by atoms with Crippen molar-refractivity contribution in [3.8, 4) is 5.75 Å². The van der Waals surface area contributed by atoms with E-state index in [0.717, 1.165) is 4.90 Å². The van der Waals surface area contributed by atoms with Crippen LogP contribution < -0.4 is 15.4 Å². The number of fused-ring (bicyclic) bond motifs is 1. The number of carbonyl (C=O) groups is 2. The Morgan fingerprint density at radius 2 is 2.00 bits per heavy atom. The number of anilines is 2. The molecule has 1 aliphatic rings. The highest BCUT2D eigenvalue weighted by atomic mass is 16.5. The molecule has 0 radical (unpaired) electrons. The number of rotatable bonds is 2. The van der Waals surface area contributed by atoms with Gasteiger partial charge in [-0.3, -0.25) is 14.6 Å². The third-order valence-corrected chi connectivity index (χ3v) is 3.12. The lowest BCUT2D eigenvalue weighted by atomic mass is 10.2. The van der Waals surface area contributed by atoms with Crippen LogP contribution in [0.4, 0.5) is 11.4 Å². The van der Waals surface area contributed by atoms with Gasteiger partial charge in [-0.15, -0.1) is 0 Å². The van der Waals surface area contributed by atoms with Crippen molar-refractivity contribution in [3.05, 3.63) is 47.8 Å². The summed E-state index contributed by atoms with van der Waals surface area (Å²) >= 11 is 0. The lowest BCUT2D eigenvalue weighted by molar-refractivity contribution is 0.0925. The first-order valence-electron chi connectivity index (χ1n) is 5.91. The number of aromatic nitrogens is 1. The minimum atomic E-state index is -0.470. The fourth-order valence-corrected chi connectivity index (χ4v) is 2.15. The maximum atomic E-state index is 12.3. The van der Waals surface area contributed by atoms with Crippen molar-refractivity contribution in [2.45, 2.75) is 0 Å². The fraction of sp³-hybridized carbons (Fsp3) is 0.0714. The second-order valence-electron chi connectivity index (χ2n) is 4.27. The van der Waals surface area contributed by atoms with Gasteiger partial charge in [0.05, 0.1) is 24.0 Å². The summed E-state index contributed by atoms with van der Waals surface area (Å²) in [4.78, 5) is 29.5. The van der Waals surface area contributed by atoms with Gasteiger partial charge >= 0.3 is 0 Å². The number of methoxy groups -OCH3 is 1. The number of nitrogens with zero attached hydrogens (tertiary/aromatic N) is 2. The number of nitrogen functional groups attached to an aromatic ring is 1. The van der Waals surface area contributed by atoms with Crippen molar-refractivity contribution < 1.29 is 14.3 Å². The zero-order valence-electron chi connectivity index (χ0n) is 10.7. The number of hydrogen-bond donors (Lipinski definition) is 1. The smallest absolute Gasteiger partial charge is 0.284 e. The van der Waals surface area contributed by atoms with E-state index in [1.54, 1.807) is 30.3 Å². The SMILES string of the molecule is COc1ccc(N2C(=O)c3cccnc3C2=O)c(N)c1. The summed E-state index contributed by atoms with van der Waals surface area (Å²) in [6, 6.07) is 7.97. The Labute approximate surface area is 114 Å². The van der Waals surface area contributed by atoms with Crippen LogP contribution in [0.1, 0.15) is 20.8 Å². The molecule has 0 bridgehead atoms. The van der Waals surface area contributed by atoms with Gasteiger partial charge in [0.2, 0.25) is 0 Å². The van der Waals surface area contributed by atoms with Crippen LogP contribution in [0.15, 0.2) is 36.5 Å². The summed E-state index contributed by atoms with van der Waals surface area (Å²) in [6.45, 7) is 0. The average molecular weight is 269 g/mol. The van der Waals surface area contributed by atoms with Crippen LogP contribution in [0.3, 0.4) is 0 Å². The third kappa shape index (κ3) is 1.62. The maximum Gasteiger partial charge on any atom is 0.284 e. The number of nitrogens with two attached hydrogens (primary N) is 1. The summed E-state index contributed by atoms with van der Waals surface area (Å²) in [5, 5.41) is 0. The lowest BCUT2D eigenvalue weighted by Gasteiger charge is -2.16. The van der Waals surface area contributed by atoms with Gasteiger partial charge in [-0.1, -0.05) is 0 Å². The number of hydrogen-bond acceptors (Lipinski definition) is 5. The molecule has 1 aromatic carbocycles. The molecule has 1 aliphatic heterocycles. The predicted octanol–water partition coefficient (Wildman–Crippen LogP) is 1.47. The molecule has 0 spiro atoms. The molecule has 0 atom stereocenters. The second-order valence-corrected chi connectivity index (χ2v) is 4.27. The highest BCUT2D eigenvalue weighted by Crippen LogP contribution is 2.33. The number of ether oxygens (including phenoxy) is 1. The van der Waals surface area contributed by atoms with Gasteiger partial charge in [-0.2, -0.15) is 0 Å². The summed E-state index contributed by atoms with van der Waals surface area (Å²) in [7, 11) is 1.51. The molecule has 0 saturated carbocycles. The van der Waals surface area contributed by atoms with E-state index in [0.29, 0.717) is 17.1 Å². The quantitative estimate of drug-likeness (QED) is 0.659. The van der Waals surface area contributed by atoms with Crippen LogP contribution in [0.25, 0.3) is 0 Å². The predicted molar refractivity (Wildman–Crippen MR) is 72.8 cm³/mol. The molecule has 6 heteroatoms. The maximum absolute atomic E-state index is 12.3. The van der Waals surface area contributed by atoms with Gasteiger partial charge in [0, 0.05) is 12.3 Å². The van der Waals surface area contributed by atoms with Gasteiger partial charge in [0.15, 0.2) is 0 Å². The topological polar surface area (TPSA) is 85.5 Å². The largest absolute Gasteiger partial charge is 0.497 e. The van der Waals surface area contributed by atoms with Crippen molar-refractivity contribution in [2.75, 3.05) is 17.7 Å². The second kappa shape index (κ2) is 4.34. The third-order valence-electron chi connectivity index (χ3n) is 3.12. The van der Waals surface area contributed by atoms with E-state index in [4.69, 9.17) is 10.5 Å². The van der Waals surface area contributed by atoms with Crippen molar-refractivity contribution in [1.29, 1.82) is 0 Å².